The van der Waals surface area contributed by atoms with Crippen LogP contribution in [0.4, 0.5) is 17.1 Å². The lowest BCUT2D eigenvalue weighted by atomic mass is 10.2. The van der Waals surface area contributed by atoms with Gasteiger partial charge < -0.3 is 20.4 Å². The van der Waals surface area contributed by atoms with E-state index in [0.29, 0.717) is 11.4 Å². The van der Waals surface area contributed by atoms with Gasteiger partial charge in [0.15, 0.2) is 5.76 Å². The Kier molecular flexibility index (Phi) is 4.30. The first-order chi connectivity index (χ1) is 9.65. The van der Waals surface area contributed by atoms with Gasteiger partial charge in [0.25, 0.3) is 5.91 Å². The Morgan fingerprint density at radius 1 is 1.30 bits per heavy atom. The molecule has 0 radical (unpaired) electrons. The van der Waals surface area contributed by atoms with Gasteiger partial charge in [0.05, 0.1) is 17.6 Å². The largest absolute Gasteiger partial charge is 0.459 e. The summed E-state index contributed by atoms with van der Waals surface area (Å²) in [6.07, 6.45) is 1.47. The molecule has 1 aromatic carbocycles. The third-order valence-electron chi connectivity index (χ3n) is 3.12. The molecule has 0 bridgehead atoms. The minimum atomic E-state index is -0.283. The maximum absolute atomic E-state index is 12.1. The summed E-state index contributed by atoms with van der Waals surface area (Å²) < 4.78 is 5.09. The van der Waals surface area contributed by atoms with Crippen molar-refractivity contribution >= 4 is 23.0 Å². The van der Waals surface area contributed by atoms with Gasteiger partial charge in [-0.2, -0.15) is 0 Å². The van der Waals surface area contributed by atoms with Crippen molar-refractivity contribution in [1.29, 1.82) is 0 Å². The molecule has 0 aliphatic rings. The highest BCUT2D eigenvalue weighted by Gasteiger charge is 2.14. The first-order valence-corrected chi connectivity index (χ1v) is 6.65. The van der Waals surface area contributed by atoms with Crippen molar-refractivity contribution in [3.63, 3.8) is 0 Å². The molecule has 0 aliphatic heterocycles. The number of amides is 1. The van der Waals surface area contributed by atoms with Crippen LogP contribution in [-0.2, 0) is 0 Å². The third kappa shape index (κ3) is 2.93. The molecule has 1 aromatic heterocycles. The monoisotopic (exact) mass is 273 g/mol. The summed E-state index contributed by atoms with van der Waals surface area (Å²) in [7, 11) is 0. The fourth-order valence-electron chi connectivity index (χ4n) is 2.09. The minimum absolute atomic E-state index is 0.276. The molecule has 0 unspecified atom stereocenters. The molecule has 0 atom stereocenters. The highest BCUT2D eigenvalue weighted by molar-refractivity contribution is 6.04. The lowest BCUT2D eigenvalue weighted by molar-refractivity contribution is 0.0996. The number of anilines is 3. The first kappa shape index (κ1) is 14.0. The molecule has 1 heterocycles. The molecule has 5 nitrogen and oxygen atoms in total. The van der Waals surface area contributed by atoms with Gasteiger partial charge in [0.1, 0.15) is 0 Å². The summed E-state index contributed by atoms with van der Waals surface area (Å²) in [6, 6.07) is 8.81. The zero-order valence-electron chi connectivity index (χ0n) is 11.7. The van der Waals surface area contributed by atoms with Crippen LogP contribution < -0.4 is 16.0 Å². The van der Waals surface area contributed by atoms with Crippen LogP contribution in [0.25, 0.3) is 0 Å². The molecule has 0 saturated heterocycles. The molecule has 5 heteroatoms. The van der Waals surface area contributed by atoms with Gasteiger partial charge in [0, 0.05) is 18.8 Å². The minimum Gasteiger partial charge on any atom is -0.459 e. The van der Waals surface area contributed by atoms with Crippen LogP contribution in [0.2, 0.25) is 0 Å². The van der Waals surface area contributed by atoms with Crippen LogP contribution in [0.15, 0.2) is 41.0 Å². The van der Waals surface area contributed by atoms with E-state index in [1.165, 1.54) is 6.26 Å². The second-order valence-electron chi connectivity index (χ2n) is 4.38. The van der Waals surface area contributed by atoms with Crippen molar-refractivity contribution in [2.24, 2.45) is 0 Å². The van der Waals surface area contributed by atoms with Crippen LogP contribution >= 0.6 is 0 Å². The normalized spacial score (nSPS) is 10.3. The topological polar surface area (TPSA) is 71.5 Å². The lowest BCUT2D eigenvalue weighted by Crippen LogP contribution is -2.24. The summed E-state index contributed by atoms with van der Waals surface area (Å²) in [4.78, 5) is 14.2. The van der Waals surface area contributed by atoms with E-state index in [1.54, 1.807) is 18.2 Å². The zero-order chi connectivity index (χ0) is 14.5. The zero-order valence-corrected chi connectivity index (χ0v) is 11.7. The highest BCUT2D eigenvalue weighted by Crippen LogP contribution is 2.28. The Labute approximate surface area is 118 Å². The number of carbonyl (C=O) groups excluding carboxylic acids is 1. The number of carbonyl (C=O) groups is 1. The van der Waals surface area contributed by atoms with Gasteiger partial charge in [-0.3, -0.25) is 4.79 Å². The van der Waals surface area contributed by atoms with E-state index in [1.807, 2.05) is 12.1 Å². The van der Waals surface area contributed by atoms with Crippen molar-refractivity contribution in [2.45, 2.75) is 13.8 Å². The van der Waals surface area contributed by atoms with Gasteiger partial charge in [-0.25, -0.2) is 0 Å². The van der Waals surface area contributed by atoms with Gasteiger partial charge in [0.2, 0.25) is 0 Å². The van der Waals surface area contributed by atoms with Crippen LogP contribution in [0.1, 0.15) is 24.4 Å². The second kappa shape index (κ2) is 6.14. The molecule has 0 aliphatic carbocycles. The molecular weight excluding hydrogens is 254 g/mol. The predicted molar refractivity (Wildman–Crippen MR) is 81.1 cm³/mol. The van der Waals surface area contributed by atoms with E-state index in [0.717, 1.165) is 18.8 Å². The second-order valence-corrected chi connectivity index (χ2v) is 4.38. The summed E-state index contributed by atoms with van der Waals surface area (Å²) in [5, 5.41) is 2.85. The molecule has 2 aromatic rings. The maximum Gasteiger partial charge on any atom is 0.291 e. The van der Waals surface area contributed by atoms with Gasteiger partial charge in [-0.05, 0) is 44.2 Å². The number of nitrogens with two attached hydrogens (primary N) is 1. The highest BCUT2D eigenvalue weighted by atomic mass is 16.3. The van der Waals surface area contributed by atoms with E-state index >= 15 is 0 Å². The smallest absolute Gasteiger partial charge is 0.291 e. The van der Waals surface area contributed by atoms with Crippen LogP contribution in [0.5, 0.6) is 0 Å². The quantitative estimate of drug-likeness (QED) is 0.822. The molecule has 20 heavy (non-hydrogen) atoms. The van der Waals surface area contributed by atoms with Gasteiger partial charge in [-0.15, -0.1) is 0 Å². The van der Waals surface area contributed by atoms with E-state index in [9.17, 15) is 4.79 Å². The summed E-state index contributed by atoms with van der Waals surface area (Å²) in [5.41, 5.74) is 8.06. The Morgan fingerprint density at radius 3 is 2.65 bits per heavy atom. The van der Waals surface area contributed by atoms with E-state index in [4.69, 9.17) is 10.2 Å². The van der Waals surface area contributed by atoms with Crippen LogP contribution in [0.3, 0.4) is 0 Å². The molecular formula is C15H19N3O2. The summed E-state index contributed by atoms with van der Waals surface area (Å²) in [6.45, 7) is 5.84. The van der Waals surface area contributed by atoms with Crippen molar-refractivity contribution < 1.29 is 9.21 Å². The number of nitrogens with zero attached hydrogens (tertiary/aromatic N) is 1. The number of nitrogens with one attached hydrogen (secondary N) is 1. The molecule has 106 valence electrons. The Bertz CT molecular complexity index is 575. The fraction of sp³-hybridized carbons (Fsp3) is 0.267. The van der Waals surface area contributed by atoms with Crippen LogP contribution in [0, 0.1) is 0 Å². The number of furan rings is 1. The van der Waals surface area contributed by atoms with Gasteiger partial charge in [-0.1, -0.05) is 0 Å². The van der Waals surface area contributed by atoms with Crippen molar-refractivity contribution in [2.75, 3.05) is 29.0 Å². The summed E-state index contributed by atoms with van der Waals surface area (Å²) in [5.74, 6) is -0.00747. The number of rotatable bonds is 5. The van der Waals surface area contributed by atoms with Gasteiger partial charge >= 0.3 is 0 Å². The lowest BCUT2D eigenvalue weighted by Gasteiger charge is -2.24. The molecule has 0 saturated carbocycles. The van der Waals surface area contributed by atoms with E-state index in [-0.39, 0.29) is 11.7 Å². The van der Waals surface area contributed by atoms with Crippen molar-refractivity contribution in [1.82, 2.24) is 0 Å². The van der Waals surface area contributed by atoms with E-state index in [2.05, 4.69) is 24.1 Å². The SMILES string of the molecule is CCN(CC)c1ccc(N)cc1NC(=O)c1ccco1. The predicted octanol–water partition coefficient (Wildman–Crippen LogP) is 2.96. The van der Waals surface area contributed by atoms with E-state index < -0.39 is 0 Å². The maximum atomic E-state index is 12.1. The van der Waals surface area contributed by atoms with Crippen molar-refractivity contribution in [3.8, 4) is 0 Å². The number of benzene rings is 1. The Morgan fingerprint density at radius 2 is 2.05 bits per heavy atom. The van der Waals surface area contributed by atoms with Crippen molar-refractivity contribution in [3.05, 3.63) is 42.4 Å². The number of hydrogen-bond donors (Lipinski definition) is 2. The summed E-state index contributed by atoms with van der Waals surface area (Å²) >= 11 is 0. The molecule has 0 fully saturated rings. The molecule has 2 rings (SSSR count). The third-order valence-corrected chi connectivity index (χ3v) is 3.12. The Balaban J connectivity index is 2.30. The van der Waals surface area contributed by atoms with Crippen LogP contribution in [-0.4, -0.2) is 19.0 Å². The molecule has 1 amide bonds. The molecule has 3 N–H and O–H groups in total. The average Bonchev–Trinajstić information content (AvgIpc) is 2.96. The molecule has 0 spiro atoms. The number of nitrogen functional groups attached to an aromatic ring is 1. The fourth-order valence-corrected chi connectivity index (χ4v) is 2.09. The standard InChI is InChI=1S/C15H19N3O2/c1-3-18(4-2)13-8-7-11(16)10-12(13)17-15(19)14-6-5-9-20-14/h5-10H,3-4,16H2,1-2H3,(H,17,19). The Hall–Kier alpha value is -2.43. The average molecular weight is 273 g/mol. The number of hydrogen-bond acceptors (Lipinski definition) is 4. The first-order valence-electron chi connectivity index (χ1n) is 6.65.